The van der Waals surface area contributed by atoms with Gasteiger partial charge in [-0.3, -0.25) is 0 Å². The van der Waals surface area contributed by atoms with Gasteiger partial charge in [-0.05, 0) is 42.9 Å². The van der Waals surface area contributed by atoms with E-state index in [9.17, 15) is 0 Å². The Morgan fingerprint density at radius 3 is 2.62 bits per heavy atom. The van der Waals surface area contributed by atoms with Crippen LogP contribution in [0, 0.1) is 11.8 Å². The molecule has 1 aromatic carbocycles. The number of benzene rings is 1. The van der Waals surface area contributed by atoms with Crippen LogP contribution in [0.15, 0.2) is 18.2 Å². The first-order valence-corrected chi connectivity index (χ1v) is 8.62. The van der Waals surface area contributed by atoms with Gasteiger partial charge in [0, 0.05) is 16.6 Å². The van der Waals surface area contributed by atoms with Gasteiger partial charge in [0.1, 0.15) is 5.75 Å². The minimum absolute atomic E-state index is 0.0331. The summed E-state index contributed by atoms with van der Waals surface area (Å²) in [6.45, 7) is 2.27. The molecule has 0 bridgehead atoms. The van der Waals surface area contributed by atoms with Gasteiger partial charge in [0.05, 0.1) is 7.11 Å². The maximum atomic E-state index is 6.52. The lowest BCUT2D eigenvalue weighted by Crippen LogP contribution is -2.26. The zero-order chi connectivity index (χ0) is 15.2. The van der Waals surface area contributed by atoms with E-state index in [0.717, 1.165) is 22.3 Å². The molecule has 0 aromatic heterocycles. The van der Waals surface area contributed by atoms with Gasteiger partial charge in [0.25, 0.3) is 0 Å². The third-order valence-corrected chi connectivity index (χ3v) is 5.15. The molecule has 0 radical (unpaired) electrons. The monoisotopic (exact) mass is 309 g/mol. The highest BCUT2D eigenvalue weighted by atomic mass is 35.5. The molecule has 1 unspecified atom stereocenters. The van der Waals surface area contributed by atoms with Gasteiger partial charge in [-0.1, -0.05) is 50.6 Å². The number of hydrogen-bond donors (Lipinski definition) is 1. The van der Waals surface area contributed by atoms with Crippen LogP contribution in [0.4, 0.5) is 0 Å². The Morgan fingerprint density at radius 2 is 2.00 bits per heavy atom. The molecule has 1 fully saturated rings. The van der Waals surface area contributed by atoms with E-state index in [2.05, 4.69) is 6.92 Å². The maximum absolute atomic E-state index is 6.52. The Morgan fingerprint density at radius 1 is 1.29 bits per heavy atom. The highest BCUT2D eigenvalue weighted by Crippen LogP contribution is 2.40. The minimum Gasteiger partial charge on any atom is -0.496 e. The van der Waals surface area contributed by atoms with Crippen LogP contribution in [0.5, 0.6) is 5.75 Å². The summed E-state index contributed by atoms with van der Waals surface area (Å²) in [5, 5.41) is 0.734. The van der Waals surface area contributed by atoms with E-state index in [-0.39, 0.29) is 6.04 Å². The topological polar surface area (TPSA) is 35.2 Å². The number of nitrogens with two attached hydrogens (primary N) is 1. The third kappa shape index (κ3) is 4.37. The molecule has 1 atom stereocenters. The van der Waals surface area contributed by atoms with E-state index in [1.807, 2.05) is 18.2 Å². The second-order valence-electron chi connectivity index (χ2n) is 6.34. The van der Waals surface area contributed by atoms with Crippen LogP contribution in [0.2, 0.25) is 5.02 Å². The van der Waals surface area contributed by atoms with Crippen LogP contribution < -0.4 is 10.5 Å². The molecule has 21 heavy (non-hydrogen) atoms. The summed E-state index contributed by atoms with van der Waals surface area (Å²) in [5.74, 6) is 2.32. The maximum Gasteiger partial charge on any atom is 0.123 e. The molecule has 3 heteroatoms. The van der Waals surface area contributed by atoms with Crippen molar-refractivity contribution in [2.45, 2.75) is 57.9 Å². The molecule has 118 valence electrons. The number of hydrogen-bond acceptors (Lipinski definition) is 2. The van der Waals surface area contributed by atoms with E-state index in [1.54, 1.807) is 7.11 Å². The predicted octanol–water partition coefficient (Wildman–Crippen LogP) is 5.35. The molecule has 1 aliphatic carbocycles. The van der Waals surface area contributed by atoms with Crippen molar-refractivity contribution >= 4 is 11.6 Å². The second kappa shape index (κ2) is 8.05. The summed E-state index contributed by atoms with van der Waals surface area (Å²) >= 11 is 6.13. The van der Waals surface area contributed by atoms with Crippen molar-refractivity contribution in [1.82, 2.24) is 0 Å². The van der Waals surface area contributed by atoms with Gasteiger partial charge in [-0.25, -0.2) is 0 Å². The van der Waals surface area contributed by atoms with Crippen LogP contribution in [-0.2, 0) is 0 Å². The van der Waals surface area contributed by atoms with E-state index >= 15 is 0 Å². The lowest BCUT2D eigenvalue weighted by atomic mass is 9.75. The standard InChI is InChI=1S/C18H28ClNO/c1-3-4-5-13-6-8-14(9-7-13)18(20)16-12-15(19)10-11-17(16)21-2/h10-14,18H,3-9,20H2,1-2H3. The molecule has 1 aliphatic rings. The number of rotatable bonds is 6. The molecular weight excluding hydrogens is 282 g/mol. The van der Waals surface area contributed by atoms with Crippen molar-refractivity contribution in [3.63, 3.8) is 0 Å². The van der Waals surface area contributed by atoms with Gasteiger partial charge < -0.3 is 10.5 Å². The molecule has 2 nitrogen and oxygen atoms in total. The quantitative estimate of drug-likeness (QED) is 0.769. The van der Waals surface area contributed by atoms with Crippen molar-refractivity contribution < 1.29 is 4.74 Å². The number of methoxy groups -OCH3 is 1. The summed E-state index contributed by atoms with van der Waals surface area (Å²) in [7, 11) is 1.70. The van der Waals surface area contributed by atoms with Gasteiger partial charge >= 0.3 is 0 Å². The van der Waals surface area contributed by atoms with Crippen LogP contribution in [-0.4, -0.2) is 7.11 Å². The van der Waals surface area contributed by atoms with E-state index in [0.29, 0.717) is 5.92 Å². The molecule has 2 N–H and O–H groups in total. The summed E-state index contributed by atoms with van der Waals surface area (Å²) in [6, 6.07) is 5.78. The molecule has 0 amide bonds. The Bertz CT molecular complexity index is 441. The molecule has 1 aromatic rings. The Labute approximate surface area is 134 Å². The Hall–Kier alpha value is -0.730. The van der Waals surface area contributed by atoms with Gasteiger partial charge in [-0.2, -0.15) is 0 Å². The van der Waals surface area contributed by atoms with Crippen LogP contribution in [0.25, 0.3) is 0 Å². The fourth-order valence-electron chi connectivity index (χ4n) is 3.55. The van der Waals surface area contributed by atoms with Crippen molar-refractivity contribution in [2.75, 3.05) is 7.11 Å². The third-order valence-electron chi connectivity index (χ3n) is 4.92. The zero-order valence-electron chi connectivity index (χ0n) is 13.3. The van der Waals surface area contributed by atoms with Gasteiger partial charge in [0.15, 0.2) is 0 Å². The second-order valence-corrected chi connectivity index (χ2v) is 6.77. The van der Waals surface area contributed by atoms with Crippen LogP contribution in [0.1, 0.15) is 63.5 Å². The lowest BCUT2D eigenvalue weighted by Gasteiger charge is -2.33. The highest BCUT2D eigenvalue weighted by molar-refractivity contribution is 6.30. The molecule has 2 rings (SSSR count). The van der Waals surface area contributed by atoms with Crippen molar-refractivity contribution in [2.24, 2.45) is 17.6 Å². The predicted molar refractivity (Wildman–Crippen MR) is 89.9 cm³/mol. The molecule has 1 saturated carbocycles. The molecule has 0 saturated heterocycles. The number of ether oxygens (including phenoxy) is 1. The van der Waals surface area contributed by atoms with Crippen molar-refractivity contribution in [3.05, 3.63) is 28.8 Å². The zero-order valence-corrected chi connectivity index (χ0v) is 14.0. The van der Waals surface area contributed by atoms with Gasteiger partial charge in [-0.15, -0.1) is 0 Å². The Kier molecular flexibility index (Phi) is 6.38. The Balaban J connectivity index is 1.98. The minimum atomic E-state index is 0.0331. The first-order chi connectivity index (χ1) is 10.2. The van der Waals surface area contributed by atoms with E-state index < -0.39 is 0 Å². The van der Waals surface area contributed by atoms with Gasteiger partial charge in [0.2, 0.25) is 0 Å². The average molecular weight is 310 g/mol. The average Bonchev–Trinajstić information content (AvgIpc) is 2.52. The summed E-state index contributed by atoms with van der Waals surface area (Å²) < 4.78 is 5.45. The molecule has 0 heterocycles. The summed E-state index contributed by atoms with van der Waals surface area (Å²) in [5.41, 5.74) is 7.58. The van der Waals surface area contributed by atoms with E-state index in [4.69, 9.17) is 22.1 Å². The smallest absolute Gasteiger partial charge is 0.123 e. The largest absolute Gasteiger partial charge is 0.496 e. The van der Waals surface area contributed by atoms with Crippen molar-refractivity contribution in [1.29, 1.82) is 0 Å². The van der Waals surface area contributed by atoms with Crippen LogP contribution in [0.3, 0.4) is 0 Å². The molecule has 0 aliphatic heterocycles. The number of halogens is 1. The fraction of sp³-hybridized carbons (Fsp3) is 0.667. The lowest BCUT2D eigenvalue weighted by molar-refractivity contribution is 0.230. The first kappa shape index (κ1) is 16.6. The fourth-order valence-corrected chi connectivity index (χ4v) is 3.73. The SMILES string of the molecule is CCCCC1CCC(C(N)c2cc(Cl)ccc2OC)CC1. The first-order valence-electron chi connectivity index (χ1n) is 8.24. The highest BCUT2D eigenvalue weighted by Gasteiger charge is 2.27. The molecular formula is C18H28ClNO. The summed E-state index contributed by atoms with van der Waals surface area (Å²) in [6.07, 6.45) is 9.15. The number of unbranched alkanes of at least 4 members (excludes halogenated alkanes) is 1. The normalized spacial score (nSPS) is 23.8. The molecule has 0 spiro atoms. The summed E-state index contributed by atoms with van der Waals surface area (Å²) in [4.78, 5) is 0. The van der Waals surface area contributed by atoms with Crippen molar-refractivity contribution in [3.8, 4) is 5.75 Å². The van der Waals surface area contributed by atoms with E-state index in [1.165, 1.54) is 44.9 Å². The van der Waals surface area contributed by atoms with Crippen LogP contribution >= 0.6 is 11.6 Å².